The van der Waals surface area contributed by atoms with Crippen molar-refractivity contribution >= 4 is 29.3 Å². The molecule has 4 nitrogen and oxygen atoms in total. The lowest BCUT2D eigenvalue weighted by Crippen LogP contribution is -2.44. The number of amides is 1. The Morgan fingerprint density at radius 2 is 1.96 bits per heavy atom. The normalized spacial score (nSPS) is 18.8. The van der Waals surface area contributed by atoms with Gasteiger partial charge in [0.25, 0.3) is 0 Å². The number of hydrogen-bond donors (Lipinski definition) is 0. The number of likely N-dealkylation sites (tertiary alicyclic amines) is 1. The van der Waals surface area contributed by atoms with Crippen LogP contribution in [-0.4, -0.2) is 29.9 Å². The Balaban J connectivity index is 1.46. The van der Waals surface area contributed by atoms with E-state index in [-0.39, 0.29) is 11.9 Å². The Kier molecular flexibility index (Phi) is 3.73. The van der Waals surface area contributed by atoms with Gasteiger partial charge in [-0.25, -0.2) is 4.79 Å². The van der Waals surface area contributed by atoms with Crippen molar-refractivity contribution < 1.29 is 14.3 Å². The molecular weight excluding hydrogens is 322 g/mol. The average Bonchev–Trinajstić information content (AvgIpc) is 3.22. The molecule has 0 aliphatic carbocycles. The van der Waals surface area contributed by atoms with Gasteiger partial charge >= 0.3 is 5.97 Å². The van der Waals surface area contributed by atoms with Crippen molar-refractivity contribution in [1.29, 1.82) is 0 Å². The van der Waals surface area contributed by atoms with E-state index in [1.165, 1.54) is 0 Å². The van der Waals surface area contributed by atoms with Gasteiger partial charge in [0.1, 0.15) is 5.60 Å². The van der Waals surface area contributed by atoms with Crippen LogP contribution in [0.5, 0.6) is 0 Å². The third-order valence-electron chi connectivity index (χ3n) is 4.74. The van der Waals surface area contributed by atoms with E-state index in [2.05, 4.69) is 0 Å². The van der Waals surface area contributed by atoms with Gasteiger partial charge < -0.3 is 9.64 Å². The molecule has 5 heteroatoms. The summed E-state index contributed by atoms with van der Waals surface area (Å²) in [6.07, 6.45) is 4.77. The number of ether oxygens (including phenoxy) is 1. The van der Waals surface area contributed by atoms with Crippen LogP contribution in [0.4, 0.5) is 0 Å². The topological polar surface area (TPSA) is 46.6 Å². The Bertz CT molecular complexity index is 802. The van der Waals surface area contributed by atoms with Crippen molar-refractivity contribution in [2.45, 2.75) is 18.4 Å². The minimum absolute atomic E-state index is 0.0101. The molecule has 1 amide bonds. The number of carbonyl (C=O) groups is 2. The first-order valence-corrected chi connectivity index (χ1v) is 8.89. The number of fused-ring (bicyclic) bond motifs is 2. The summed E-state index contributed by atoms with van der Waals surface area (Å²) in [5.74, 6) is -0.237. The molecule has 2 aromatic rings. The molecule has 122 valence electrons. The van der Waals surface area contributed by atoms with Crippen molar-refractivity contribution in [3.63, 3.8) is 0 Å². The van der Waals surface area contributed by atoms with Crippen molar-refractivity contribution in [3.8, 4) is 0 Å². The van der Waals surface area contributed by atoms with Gasteiger partial charge in [-0.2, -0.15) is 0 Å². The fourth-order valence-electron chi connectivity index (χ4n) is 3.45. The molecule has 0 bridgehead atoms. The monoisotopic (exact) mass is 339 g/mol. The first-order valence-electron chi connectivity index (χ1n) is 8.01. The Morgan fingerprint density at radius 1 is 1.17 bits per heavy atom. The van der Waals surface area contributed by atoms with Crippen LogP contribution in [0.2, 0.25) is 0 Å². The summed E-state index contributed by atoms with van der Waals surface area (Å²) >= 11 is 1.60. The number of rotatable bonds is 2. The van der Waals surface area contributed by atoms with E-state index < -0.39 is 5.60 Å². The van der Waals surface area contributed by atoms with Crippen LogP contribution in [0.3, 0.4) is 0 Å². The molecule has 0 N–H and O–H groups in total. The zero-order valence-corrected chi connectivity index (χ0v) is 13.9. The van der Waals surface area contributed by atoms with Crippen LogP contribution >= 0.6 is 11.3 Å². The quantitative estimate of drug-likeness (QED) is 0.622. The van der Waals surface area contributed by atoms with E-state index in [9.17, 15) is 9.59 Å². The molecule has 1 aromatic carbocycles. The minimum atomic E-state index is -0.554. The zero-order valence-electron chi connectivity index (χ0n) is 13.1. The number of carbonyl (C=O) groups excluding carboxylic acids is 2. The minimum Gasteiger partial charge on any atom is -0.450 e. The summed E-state index contributed by atoms with van der Waals surface area (Å²) < 4.78 is 5.71. The first-order chi connectivity index (χ1) is 11.7. The summed E-state index contributed by atoms with van der Waals surface area (Å²) in [7, 11) is 0. The highest BCUT2D eigenvalue weighted by Gasteiger charge is 2.47. The highest BCUT2D eigenvalue weighted by atomic mass is 32.1. The second-order valence-corrected chi connectivity index (χ2v) is 7.08. The molecular formula is C19H17NO3S. The fraction of sp³-hybridized carbons (Fsp3) is 0.263. The smallest absolute Gasteiger partial charge is 0.339 e. The summed E-state index contributed by atoms with van der Waals surface area (Å²) in [6.45, 7) is 1.18. The van der Waals surface area contributed by atoms with E-state index in [1.807, 2.05) is 52.8 Å². The van der Waals surface area contributed by atoms with Crippen LogP contribution < -0.4 is 0 Å². The summed E-state index contributed by atoms with van der Waals surface area (Å²) in [6, 6.07) is 11.5. The maximum Gasteiger partial charge on any atom is 0.339 e. The molecule has 3 heterocycles. The van der Waals surface area contributed by atoms with Crippen molar-refractivity contribution in [2.24, 2.45) is 0 Å². The van der Waals surface area contributed by atoms with Crippen molar-refractivity contribution in [2.75, 3.05) is 13.1 Å². The fourth-order valence-corrected chi connectivity index (χ4v) is 4.07. The summed E-state index contributed by atoms with van der Waals surface area (Å²) in [5.41, 5.74) is 1.08. The molecule has 0 atom stereocenters. The van der Waals surface area contributed by atoms with Gasteiger partial charge in [-0.1, -0.05) is 24.3 Å². The largest absolute Gasteiger partial charge is 0.450 e. The number of nitrogens with zero attached hydrogens (tertiary/aromatic N) is 1. The summed E-state index contributed by atoms with van der Waals surface area (Å²) in [4.78, 5) is 27.3. The van der Waals surface area contributed by atoms with E-state index in [0.29, 0.717) is 31.5 Å². The van der Waals surface area contributed by atoms with Gasteiger partial charge in [-0.3, -0.25) is 4.79 Å². The number of thiophene rings is 1. The van der Waals surface area contributed by atoms with Gasteiger partial charge in [0.05, 0.1) is 5.56 Å². The van der Waals surface area contributed by atoms with Crippen molar-refractivity contribution in [1.82, 2.24) is 4.90 Å². The molecule has 4 rings (SSSR count). The average molecular weight is 339 g/mol. The number of piperidine rings is 1. The highest BCUT2D eigenvalue weighted by Crippen LogP contribution is 2.43. The van der Waals surface area contributed by atoms with Crippen LogP contribution in [-0.2, 0) is 15.1 Å². The molecule has 0 unspecified atom stereocenters. The van der Waals surface area contributed by atoms with E-state index in [0.717, 1.165) is 10.4 Å². The molecule has 1 fully saturated rings. The second-order valence-electron chi connectivity index (χ2n) is 6.10. The van der Waals surface area contributed by atoms with Gasteiger partial charge in [0.15, 0.2) is 0 Å². The number of benzene rings is 1. The van der Waals surface area contributed by atoms with Gasteiger partial charge in [-0.05, 0) is 23.6 Å². The zero-order chi connectivity index (χ0) is 16.6. The Morgan fingerprint density at radius 3 is 2.71 bits per heavy atom. The molecule has 1 spiro atoms. The van der Waals surface area contributed by atoms with Gasteiger partial charge in [0, 0.05) is 42.4 Å². The molecule has 2 aliphatic rings. The van der Waals surface area contributed by atoms with Crippen LogP contribution in [0.1, 0.15) is 33.6 Å². The number of hydrogen-bond acceptors (Lipinski definition) is 4. The predicted octanol–water partition coefficient (Wildman–Crippen LogP) is 3.45. The lowest BCUT2D eigenvalue weighted by molar-refractivity contribution is -0.130. The molecule has 2 aliphatic heterocycles. The van der Waals surface area contributed by atoms with E-state index >= 15 is 0 Å². The lowest BCUT2D eigenvalue weighted by Gasteiger charge is -2.38. The second kappa shape index (κ2) is 5.91. The van der Waals surface area contributed by atoms with E-state index in [4.69, 9.17) is 4.74 Å². The third kappa shape index (κ3) is 2.55. The molecule has 1 saturated heterocycles. The van der Waals surface area contributed by atoms with E-state index in [1.54, 1.807) is 17.4 Å². The maximum atomic E-state index is 12.3. The molecule has 1 aromatic heterocycles. The van der Waals surface area contributed by atoms with Crippen molar-refractivity contribution in [3.05, 3.63) is 63.9 Å². The molecule has 0 radical (unpaired) electrons. The maximum absolute atomic E-state index is 12.3. The highest BCUT2D eigenvalue weighted by molar-refractivity contribution is 7.10. The predicted molar refractivity (Wildman–Crippen MR) is 92.7 cm³/mol. The number of esters is 1. The first kappa shape index (κ1) is 15.1. The summed E-state index contributed by atoms with van der Waals surface area (Å²) in [5, 5.41) is 1.99. The molecule has 24 heavy (non-hydrogen) atoms. The van der Waals surface area contributed by atoms with Crippen LogP contribution in [0, 0.1) is 0 Å². The van der Waals surface area contributed by atoms with Gasteiger partial charge in [0.2, 0.25) is 5.91 Å². The Hall–Kier alpha value is -2.40. The SMILES string of the molecule is O=C1OC2(CCN(C(=O)C=Cc3cccs3)CC2)c2ccccc21. The third-order valence-corrected chi connectivity index (χ3v) is 5.58. The van der Waals surface area contributed by atoms with Gasteiger partial charge in [-0.15, -0.1) is 11.3 Å². The van der Waals surface area contributed by atoms with Crippen LogP contribution in [0.25, 0.3) is 6.08 Å². The standard InChI is InChI=1S/C19H17NO3S/c21-17(8-7-14-4-3-13-24-14)20-11-9-19(10-12-20)16-6-2-1-5-15(16)18(22)23-19/h1-8,13H,9-12H2. The lowest BCUT2D eigenvalue weighted by atomic mass is 9.84. The molecule has 0 saturated carbocycles. The Labute approximate surface area is 144 Å². The van der Waals surface area contributed by atoms with Crippen LogP contribution in [0.15, 0.2) is 47.9 Å².